The fourth-order valence-corrected chi connectivity index (χ4v) is 4.01. The Morgan fingerprint density at radius 2 is 1.78 bits per heavy atom. The first-order valence-electron chi connectivity index (χ1n) is 9.62. The number of aromatic nitrogens is 1. The van der Waals surface area contributed by atoms with Gasteiger partial charge in [0, 0.05) is 16.8 Å². The minimum atomic E-state index is -0.846. The van der Waals surface area contributed by atoms with Gasteiger partial charge < -0.3 is 20.6 Å². The van der Waals surface area contributed by atoms with Crippen LogP contribution >= 0.6 is 34.8 Å². The molecule has 0 amide bonds. The Labute approximate surface area is 199 Å². The Bertz CT molecular complexity index is 1270. The van der Waals surface area contributed by atoms with Crippen LogP contribution in [0.5, 0.6) is 5.75 Å². The number of carbonyl (C=O) groups is 1. The van der Waals surface area contributed by atoms with Gasteiger partial charge in [0.25, 0.3) is 0 Å². The monoisotopic (exact) mass is 489 g/mol. The molecule has 1 aromatic heterocycles. The van der Waals surface area contributed by atoms with Crippen molar-refractivity contribution in [2.75, 3.05) is 5.73 Å². The van der Waals surface area contributed by atoms with Gasteiger partial charge in [0.05, 0.1) is 16.1 Å². The Balaban J connectivity index is 1.60. The molecule has 0 aliphatic heterocycles. The SMILES string of the molecule is Nc1cc(COc2c(Cl)cc(CC(N)C(=O)Cl)cc2Cl)c2oc(-c3ccccc3)nc2c1. The molecule has 0 fully saturated rings. The van der Waals surface area contributed by atoms with Crippen molar-refractivity contribution in [1.82, 2.24) is 4.98 Å². The smallest absolute Gasteiger partial charge is 0.238 e. The van der Waals surface area contributed by atoms with Crippen molar-refractivity contribution in [1.29, 1.82) is 0 Å². The summed E-state index contributed by atoms with van der Waals surface area (Å²) in [6, 6.07) is 15.5. The molecular formula is C23H18Cl3N3O3. The highest BCUT2D eigenvalue weighted by Crippen LogP contribution is 2.36. The summed E-state index contributed by atoms with van der Waals surface area (Å²) in [6.07, 6.45) is 0.207. The molecule has 0 aliphatic carbocycles. The fourth-order valence-electron chi connectivity index (χ4n) is 3.29. The van der Waals surface area contributed by atoms with Gasteiger partial charge in [-0.1, -0.05) is 41.4 Å². The summed E-state index contributed by atoms with van der Waals surface area (Å²) in [5, 5.41) is -0.0704. The first-order valence-corrected chi connectivity index (χ1v) is 10.7. The minimum Gasteiger partial charge on any atom is -0.486 e. The second-order valence-electron chi connectivity index (χ2n) is 7.21. The number of rotatable bonds is 7. The average Bonchev–Trinajstić information content (AvgIpc) is 3.17. The second kappa shape index (κ2) is 9.38. The fraction of sp³-hybridized carbons (Fsp3) is 0.130. The van der Waals surface area contributed by atoms with Crippen molar-refractivity contribution in [3.63, 3.8) is 0 Å². The standard InChI is InChI=1S/C23H18Cl3N3O3/c24-16-6-12(8-18(28)22(26)30)7-17(25)21(16)31-11-14-9-15(27)10-19-20(14)32-23(29-19)13-4-2-1-3-5-13/h1-7,9-10,18H,8,11,27-28H2. The van der Waals surface area contributed by atoms with E-state index in [4.69, 9.17) is 55.4 Å². The first-order chi connectivity index (χ1) is 15.3. The molecule has 3 aromatic carbocycles. The third-order valence-corrected chi connectivity index (χ3v) is 5.63. The number of hydrogen-bond donors (Lipinski definition) is 2. The van der Waals surface area contributed by atoms with Crippen LogP contribution in [0.1, 0.15) is 11.1 Å². The number of oxazole rings is 1. The number of ether oxygens (including phenoxy) is 1. The van der Waals surface area contributed by atoms with Gasteiger partial charge in [0.15, 0.2) is 11.3 Å². The molecule has 0 saturated heterocycles. The van der Waals surface area contributed by atoms with E-state index >= 15 is 0 Å². The van der Waals surface area contributed by atoms with Crippen molar-refractivity contribution < 1.29 is 13.9 Å². The molecule has 9 heteroatoms. The molecule has 1 unspecified atom stereocenters. The zero-order valence-electron chi connectivity index (χ0n) is 16.6. The quantitative estimate of drug-likeness (QED) is 0.258. The molecule has 0 spiro atoms. The number of hydrogen-bond acceptors (Lipinski definition) is 6. The van der Waals surface area contributed by atoms with Crippen LogP contribution in [0.2, 0.25) is 10.0 Å². The lowest BCUT2D eigenvalue weighted by Crippen LogP contribution is -2.29. The molecule has 1 atom stereocenters. The lowest BCUT2D eigenvalue weighted by atomic mass is 10.1. The van der Waals surface area contributed by atoms with Crippen molar-refractivity contribution in [2.45, 2.75) is 19.1 Å². The van der Waals surface area contributed by atoms with Crippen molar-refractivity contribution in [2.24, 2.45) is 5.73 Å². The Hall–Kier alpha value is -2.77. The number of nitrogens with two attached hydrogens (primary N) is 2. The zero-order valence-corrected chi connectivity index (χ0v) is 18.9. The van der Waals surface area contributed by atoms with E-state index in [1.807, 2.05) is 30.3 Å². The first kappa shape index (κ1) is 22.4. The van der Waals surface area contributed by atoms with E-state index in [9.17, 15) is 4.79 Å². The largest absolute Gasteiger partial charge is 0.486 e. The highest BCUT2D eigenvalue weighted by atomic mass is 35.5. The molecule has 0 saturated carbocycles. The van der Waals surface area contributed by atoms with E-state index in [2.05, 4.69) is 4.98 Å². The van der Waals surface area contributed by atoms with Crippen molar-refractivity contribution >= 4 is 56.8 Å². The highest BCUT2D eigenvalue weighted by Gasteiger charge is 2.17. The number of anilines is 1. The van der Waals surface area contributed by atoms with E-state index in [-0.39, 0.29) is 23.1 Å². The maximum Gasteiger partial charge on any atom is 0.238 e. The third-order valence-electron chi connectivity index (χ3n) is 4.79. The van der Waals surface area contributed by atoms with E-state index in [0.717, 1.165) is 5.56 Å². The van der Waals surface area contributed by atoms with E-state index < -0.39 is 11.3 Å². The van der Waals surface area contributed by atoms with Crippen LogP contribution in [0.4, 0.5) is 5.69 Å². The number of benzene rings is 3. The zero-order chi connectivity index (χ0) is 22.8. The van der Waals surface area contributed by atoms with Crippen LogP contribution in [-0.2, 0) is 17.8 Å². The van der Waals surface area contributed by atoms with Gasteiger partial charge in [0.1, 0.15) is 12.1 Å². The molecule has 6 nitrogen and oxygen atoms in total. The second-order valence-corrected chi connectivity index (χ2v) is 8.39. The maximum absolute atomic E-state index is 11.2. The van der Waals surface area contributed by atoms with Crippen LogP contribution in [0.3, 0.4) is 0 Å². The summed E-state index contributed by atoms with van der Waals surface area (Å²) in [5.41, 5.74) is 15.7. The number of carbonyl (C=O) groups excluding carboxylic acids is 1. The van der Waals surface area contributed by atoms with Crippen LogP contribution < -0.4 is 16.2 Å². The van der Waals surface area contributed by atoms with Gasteiger partial charge >= 0.3 is 0 Å². The molecule has 164 valence electrons. The van der Waals surface area contributed by atoms with E-state index in [0.29, 0.717) is 39.6 Å². The molecule has 0 aliphatic rings. The number of nitrogen functional groups attached to an aromatic ring is 1. The minimum absolute atomic E-state index is 0.101. The van der Waals surface area contributed by atoms with Gasteiger partial charge in [-0.2, -0.15) is 0 Å². The Morgan fingerprint density at radius 3 is 2.44 bits per heavy atom. The van der Waals surface area contributed by atoms with Crippen molar-refractivity contribution in [3.8, 4) is 17.2 Å². The summed E-state index contributed by atoms with van der Waals surface area (Å²) in [5.74, 6) is 0.777. The van der Waals surface area contributed by atoms with Crippen LogP contribution in [0.25, 0.3) is 22.6 Å². The summed E-state index contributed by atoms with van der Waals surface area (Å²) in [6.45, 7) is 0.101. The molecular weight excluding hydrogens is 473 g/mol. The summed E-state index contributed by atoms with van der Waals surface area (Å²) in [7, 11) is 0. The highest BCUT2D eigenvalue weighted by molar-refractivity contribution is 6.64. The van der Waals surface area contributed by atoms with E-state index in [1.54, 1.807) is 24.3 Å². The average molecular weight is 491 g/mol. The molecule has 4 N–H and O–H groups in total. The molecule has 0 radical (unpaired) electrons. The lowest BCUT2D eigenvalue weighted by Gasteiger charge is -2.13. The summed E-state index contributed by atoms with van der Waals surface area (Å²) < 4.78 is 11.9. The van der Waals surface area contributed by atoms with Gasteiger partial charge in [-0.05, 0) is 60.0 Å². The molecule has 4 rings (SSSR count). The van der Waals surface area contributed by atoms with Gasteiger partial charge in [-0.15, -0.1) is 0 Å². The third kappa shape index (κ3) is 4.84. The molecule has 1 heterocycles. The van der Waals surface area contributed by atoms with Gasteiger partial charge in [-0.25, -0.2) is 4.98 Å². The molecule has 0 bridgehead atoms. The summed E-state index contributed by atoms with van der Waals surface area (Å²) in [4.78, 5) is 15.7. The topological polar surface area (TPSA) is 104 Å². The maximum atomic E-state index is 11.2. The normalized spacial score (nSPS) is 12.1. The van der Waals surface area contributed by atoms with Gasteiger partial charge in [0.2, 0.25) is 11.1 Å². The van der Waals surface area contributed by atoms with Crippen LogP contribution in [0, 0.1) is 0 Å². The molecule has 4 aromatic rings. The summed E-state index contributed by atoms with van der Waals surface area (Å²) >= 11 is 18.2. The van der Waals surface area contributed by atoms with Crippen LogP contribution in [0.15, 0.2) is 59.0 Å². The predicted octanol–water partition coefficient (Wildman–Crippen LogP) is 5.60. The number of nitrogens with zero attached hydrogens (tertiary/aromatic N) is 1. The van der Waals surface area contributed by atoms with Gasteiger partial charge in [-0.3, -0.25) is 4.79 Å². The number of halogens is 3. The Morgan fingerprint density at radius 1 is 1.09 bits per heavy atom. The lowest BCUT2D eigenvalue weighted by molar-refractivity contribution is -0.112. The van der Waals surface area contributed by atoms with E-state index in [1.165, 1.54) is 0 Å². The predicted molar refractivity (Wildman–Crippen MR) is 127 cm³/mol. The van der Waals surface area contributed by atoms with Crippen molar-refractivity contribution in [3.05, 3.63) is 75.8 Å². The number of fused-ring (bicyclic) bond motifs is 1. The van der Waals surface area contributed by atoms with Crippen LogP contribution in [-0.4, -0.2) is 16.3 Å². The Kier molecular flexibility index (Phi) is 6.58. The molecule has 32 heavy (non-hydrogen) atoms.